The van der Waals surface area contributed by atoms with E-state index < -0.39 is 0 Å². The fourth-order valence-corrected chi connectivity index (χ4v) is 3.14. The molecule has 1 amide bonds. The number of hydrogen-bond donors (Lipinski definition) is 1. The molecule has 1 saturated heterocycles. The van der Waals surface area contributed by atoms with E-state index >= 15 is 0 Å². The van der Waals surface area contributed by atoms with E-state index in [1.807, 2.05) is 53.4 Å². The second-order valence-electron chi connectivity index (χ2n) is 6.39. The van der Waals surface area contributed by atoms with Gasteiger partial charge in [-0.05, 0) is 24.3 Å². The first kappa shape index (κ1) is 17.0. The lowest BCUT2D eigenvalue weighted by Gasteiger charge is -2.35. The number of benzene rings is 2. The van der Waals surface area contributed by atoms with E-state index in [2.05, 4.69) is 32.3 Å². The average molecular weight is 359 g/mol. The Morgan fingerprint density at radius 1 is 0.815 bits per heavy atom. The molecule has 0 spiro atoms. The summed E-state index contributed by atoms with van der Waals surface area (Å²) in [6.07, 6.45) is 3.14. The molecule has 4 rings (SSSR count). The predicted octanol–water partition coefficient (Wildman–Crippen LogP) is 3.18. The molecule has 6 heteroatoms. The van der Waals surface area contributed by atoms with Crippen LogP contribution in [0, 0.1) is 0 Å². The standard InChI is InChI=1S/C21H21N5O/c27-21(26-13-11-25(12-14-26)18-9-5-2-6-10-18)19-15-23-20(16-22-19)24-17-7-3-1-4-8-17/h1-10,15-16H,11-14H2,(H,23,24). The van der Waals surface area contributed by atoms with Crippen LogP contribution in [-0.4, -0.2) is 47.0 Å². The minimum atomic E-state index is -0.0681. The molecular formula is C21H21N5O. The Kier molecular flexibility index (Phi) is 4.96. The summed E-state index contributed by atoms with van der Waals surface area (Å²) >= 11 is 0. The topological polar surface area (TPSA) is 61.4 Å². The summed E-state index contributed by atoms with van der Waals surface area (Å²) < 4.78 is 0. The summed E-state index contributed by atoms with van der Waals surface area (Å²) in [4.78, 5) is 25.5. The molecule has 3 aromatic rings. The molecule has 1 fully saturated rings. The largest absolute Gasteiger partial charge is 0.368 e. The Morgan fingerprint density at radius 2 is 1.48 bits per heavy atom. The van der Waals surface area contributed by atoms with E-state index in [0.717, 1.165) is 18.8 Å². The van der Waals surface area contributed by atoms with Crippen LogP contribution in [0.25, 0.3) is 0 Å². The zero-order chi connectivity index (χ0) is 18.5. The van der Waals surface area contributed by atoms with Crippen molar-refractivity contribution in [3.63, 3.8) is 0 Å². The number of carbonyl (C=O) groups excluding carboxylic acids is 1. The van der Waals surface area contributed by atoms with Gasteiger partial charge < -0.3 is 15.1 Å². The van der Waals surface area contributed by atoms with E-state index in [9.17, 15) is 4.79 Å². The van der Waals surface area contributed by atoms with Gasteiger partial charge in [0.15, 0.2) is 0 Å². The fraction of sp³-hybridized carbons (Fsp3) is 0.190. The number of rotatable bonds is 4. The lowest BCUT2D eigenvalue weighted by atomic mass is 10.2. The number of para-hydroxylation sites is 2. The number of carbonyl (C=O) groups is 1. The zero-order valence-corrected chi connectivity index (χ0v) is 15.0. The van der Waals surface area contributed by atoms with Crippen molar-refractivity contribution < 1.29 is 4.79 Å². The summed E-state index contributed by atoms with van der Waals surface area (Å²) in [6, 6.07) is 20.0. The highest BCUT2D eigenvalue weighted by Crippen LogP contribution is 2.17. The van der Waals surface area contributed by atoms with E-state index in [0.29, 0.717) is 24.6 Å². The van der Waals surface area contributed by atoms with Crippen LogP contribution in [-0.2, 0) is 0 Å². The van der Waals surface area contributed by atoms with Gasteiger partial charge in [0.1, 0.15) is 11.5 Å². The van der Waals surface area contributed by atoms with Gasteiger partial charge in [0.2, 0.25) is 0 Å². The molecule has 0 atom stereocenters. The van der Waals surface area contributed by atoms with Crippen molar-refractivity contribution in [2.24, 2.45) is 0 Å². The molecule has 0 radical (unpaired) electrons. The number of aromatic nitrogens is 2. The lowest BCUT2D eigenvalue weighted by molar-refractivity contribution is 0.0740. The predicted molar refractivity (Wildman–Crippen MR) is 106 cm³/mol. The van der Waals surface area contributed by atoms with Crippen molar-refractivity contribution in [1.29, 1.82) is 0 Å². The van der Waals surface area contributed by atoms with Gasteiger partial charge in [-0.1, -0.05) is 36.4 Å². The van der Waals surface area contributed by atoms with Crippen molar-refractivity contribution in [3.8, 4) is 0 Å². The van der Waals surface area contributed by atoms with Gasteiger partial charge in [-0.2, -0.15) is 0 Å². The number of piperazine rings is 1. The molecule has 1 aromatic heterocycles. The lowest BCUT2D eigenvalue weighted by Crippen LogP contribution is -2.49. The van der Waals surface area contributed by atoms with Crippen LogP contribution in [0.3, 0.4) is 0 Å². The van der Waals surface area contributed by atoms with E-state index in [4.69, 9.17) is 0 Å². The van der Waals surface area contributed by atoms with Gasteiger partial charge in [-0.3, -0.25) is 4.79 Å². The van der Waals surface area contributed by atoms with Crippen molar-refractivity contribution in [2.45, 2.75) is 0 Å². The third-order valence-electron chi connectivity index (χ3n) is 4.61. The van der Waals surface area contributed by atoms with Crippen LogP contribution in [0.5, 0.6) is 0 Å². The van der Waals surface area contributed by atoms with Crippen molar-refractivity contribution in [1.82, 2.24) is 14.9 Å². The van der Waals surface area contributed by atoms with Crippen LogP contribution in [0.1, 0.15) is 10.5 Å². The molecular weight excluding hydrogens is 338 g/mol. The van der Waals surface area contributed by atoms with Crippen molar-refractivity contribution >= 4 is 23.1 Å². The molecule has 2 aromatic carbocycles. The summed E-state index contributed by atoms with van der Waals surface area (Å²) in [6.45, 7) is 2.99. The molecule has 0 unspecified atom stereocenters. The van der Waals surface area contributed by atoms with Crippen LogP contribution in [0.2, 0.25) is 0 Å². The van der Waals surface area contributed by atoms with Gasteiger partial charge in [0.05, 0.1) is 12.4 Å². The van der Waals surface area contributed by atoms with Crippen molar-refractivity contribution in [2.75, 3.05) is 36.4 Å². The third kappa shape index (κ3) is 4.06. The minimum Gasteiger partial charge on any atom is -0.368 e. The smallest absolute Gasteiger partial charge is 0.274 e. The van der Waals surface area contributed by atoms with Gasteiger partial charge in [-0.25, -0.2) is 9.97 Å². The molecule has 1 N–H and O–H groups in total. The van der Waals surface area contributed by atoms with E-state index in [1.165, 1.54) is 11.9 Å². The Morgan fingerprint density at radius 3 is 2.11 bits per heavy atom. The number of hydrogen-bond acceptors (Lipinski definition) is 5. The maximum Gasteiger partial charge on any atom is 0.274 e. The number of anilines is 3. The SMILES string of the molecule is O=C(c1cnc(Nc2ccccc2)cn1)N1CCN(c2ccccc2)CC1. The molecule has 1 aliphatic heterocycles. The van der Waals surface area contributed by atoms with Gasteiger partial charge >= 0.3 is 0 Å². The summed E-state index contributed by atoms with van der Waals surface area (Å²) in [7, 11) is 0. The Labute approximate surface area is 158 Å². The zero-order valence-electron chi connectivity index (χ0n) is 15.0. The number of amides is 1. The van der Waals surface area contributed by atoms with Crippen LogP contribution < -0.4 is 10.2 Å². The first-order valence-corrected chi connectivity index (χ1v) is 9.03. The molecule has 2 heterocycles. The molecule has 0 bridgehead atoms. The number of nitrogens with one attached hydrogen (secondary N) is 1. The summed E-state index contributed by atoms with van der Waals surface area (Å²) in [5.74, 6) is 0.549. The van der Waals surface area contributed by atoms with Crippen molar-refractivity contribution in [3.05, 3.63) is 78.8 Å². The first-order chi connectivity index (χ1) is 13.3. The van der Waals surface area contributed by atoms with E-state index in [-0.39, 0.29) is 5.91 Å². The number of nitrogens with zero attached hydrogens (tertiary/aromatic N) is 4. The maximum atomic E-state index is 12.7. The fourth-order valence-electron chi connectivity index (χ4n) is 3.14. The molecule has 0 saturated carbocycles. The highest BCUT2D eigenvalue weighted by atomic mass is 16.2. The molecule has 0 aliphatic carbocycles. The van der Waals surface area contributed by atoms with Gasteiger partial charge in [-0.15, -0.1) is 0 Å². The Balaban J connectivity index is 1.36. The van der Waals surface area contributed by atoms with Crippen LogP contribution in [0.15, 0.2) is 73.1 Å². The monoisotopic (exact) mass is 359 g/mol. The second-order valence-corrected chi connectivity index (χ2v) is 6.39. The third-order valence-corrected chi connectivity index (χ3v) is 4.61. The summed E-state index contributed by atoms with van der Waals surface area (Å²) in [5, 5.41) is 3.17. The quantitative estimate of drug-likeness (QED) is 0.775. The summed E-state index contributed by atoms with van der Waals surface area (Å²) in [5.41, 5.74) is 2.51. The minimum absolute atomic E-state index is 0.0681. The highest BCUT2D eigenvalue weighted by Gasteiger charge is 2.23. The maximum absolute atomic E-state index is 12.7. The van der Waals surface area contributed by atoms with Gasteiger partial charge in [0.25, 0.3) is 5.91 Å². The Hall–Kier alpha value is -3.41. The molecule has 6 nitrogen and oxygen atoms in total. The highest BCUT2D eigenvalue weighted by molar-refractivity contribution is 5.92. The normalized spacial score (nSPS) is 14.1. The van der Waals surface area contributed by atoms with Gasteiger partial charge in [0, 0.05) is 37.6 Å². The van der Waals surface area contributed by atoms with Crippen LogP contribution >= 0.6 is 0 Å². The average Bonchev–Trinajstić information content (AvgIpc) is 2.75. The Bertz CT molecular complexity index is 875. The molecule has 136 valence electrons. The van der Waals surface area contributed by atoms with E-state index in [1.54, 1.807) is 6.20 Å². The molecule has 1 aliphatic rings. The first-order valence-electron chi connectivity index (χ1n) is 9.03. The second kappa shape index (κ2) is 7.86. The molecule has 27 heavy (non-hydrogen) atoms. The van der Waals surface area contributed by atoms with Crippen LogP contribution in [0.4, 0.5) is 17.2 Å².